The summed E-state index contributed by atoms with van der Waals surface area (Å²) in [6, 6.07) is 9.43. The van der Waals surface area contributed by atoms with Crippen LogP contribution in [0.3, 0.4) is 0 Å². The van der Waals surface area contributed by atoms with Crippen molar-refractivity contribution in [1.29, 1.82) is 0 Å². The van der Waals surface area contributed by atoms with Gasteiger partial charge in [0.2, 0.25) is 0 Å². The molecule has 6 heteroatoms. The van der Waals surface area contributed by atoms with Gasteiger partial charge in [0.15, 0.2) is 0 Å². The Morgan fingerprint density at radius 1 is 1.21 bits per heavy atom. The fraction of sp³-hybridized carbons (Fsp3) is 0.348. The smallest absolute Gasteiger partial charge is 0.142 e. The third-order valence-electron chi connectivity index (χ3n) is 4.21. The fourth-order valence-electron chi connectivity index (χ4n) is 2.75. The van der Waals surface area contributed by atoms with Gasteiger partial charge in [0.25, 0.3) is 0 Å². The van der Waals surface area contributed by atoms with Crippen molar-refractivity contribution in [1.82, 2.24) is 0 Å². The van der Waals surface area contributed by atoms with Crippen LogP contribution in [-0.2, 0) is 9.52 Å². The first-order valence-electron chi connectivity index (χ1n) is 9.52. The second-order valence-corrected chi connectivity index (χ2v) is 9.00. The Labute approximate surface area is 176 Å². The van der Waals surface area contributed by atoms with Crippen LogP contribution in [0.2, 0.25) is 0 Å². The van der Waals surface area contributed by atoms with Crippen molar-refractivity contribution in [3.63, 3.8) is 0 Å². The predicted octanol–water partition coefficient (Wildman–Crippen LogP) is 5.25. The van der Waals surface area contributed by atoms with Crippen LogP contribution in [0, 0.1) is 13.8 Å². The van der Waals surface area contributed by atoms with Gasteiger partial charge in [0.05, 0.1) is 18.5 Å². The maximum atomic E-state index is 12.3. The number of amidine groups is 1. The highest BCUT2D eigenvalue weighted by Gasteiger charge is 2.10. The molecule has 0 saturated carbocycles. The lowest BCUT2D eigenvalue weighted by Crippen LogP contribution is -2.09. The first-order chi connectivity index (χ1) is 13.7. The molecule has 0 radical (unpaired) electrons. The Balaban J connectivity index is 0.00000204. The van der Waals surface area contributed by atoms with E-state index in [4.69, 9.17) is 9.73 Å². The molecule has 1 N–H and O–H groups in total. The van der Waals surface area contributed by atoms with Gasteiger partial charge in [0.1, 0.15) is 11.6 Å². The molecule has 0 bridgehead atoms. The topological polar surface area (TPSA) is 63.0 Å². The van der Waals surface area contributed by atoms with Crippen LogP contribution in [0.4, 0.5) is 11.4 Å². The van der Waals surface area contributed by atoms with E-state index in [-0.39, 0.29) is 0 Å². The van der Waals surface area contributed by atoms with Crippen LogP contribution in [0.25, 0.3) is 0 Å². The zero-order chi connectivity index (χ0) is 22.2. The number of anilines is 1. The summed E-state index contributed by atoms with van der Waals surface area (Å²) in [4.78, 5) is 9.53. The Morgan fingerprint density at radius 2 is 1.86 bits per heavy atom. The summed E-state index contributed by atoms with van der Waals surface area (Å²) >= 11 is 0. The van der Waals surface area contributed by atoms with E-state index in [1.807, 2.05) is 53.0 Å². The fourth-order valence-corrected chi connectivity index (χ4v) is 3.47. The number of nitrogens with one attached hydrogen (secondary N) is 1. The van der Waals surface area contributed by atoms with Crippen molar-refractivity contribution in [3.05, 3.63) is 47.0 Å². The summed E-state index contributed by atoms with van der Waals surface area (Å²) < 4.78 is 17.7. The molecule has 2 rings (SSSR count). The summed E-state index contributed by atoms with van der Waals surface area (Å²) in [5.41, 5.74) is 4.80. The second-order valence-electron chi connectivity index (χ2n) is 6.52. The third kappa shape index (κ3) is 6.46. The zero-order valence-corrected chi connectivity index (χ0v) is 19.6. The quantitative estimate of drug-likeness (QED) is 0.412. The highest BCUT2D eigenvalue weighted by molar-refractivity contribution is 7.99. The summed E-state index contributed by atoms with van der Waals surface area (Å²) in [6.07, 6.45) is 3.45. The molecule has 1 atom stereocenters. The van der Waals surface area contributed by atoms with Crippen molar-refractivity contribution in [2.45, 2.75) is 39.5 Å². The molecule has 2 aromatic rings. The van der Waals surface area contributed by atoms with Gasteiger partial charge < -0.3 is 10.1 Å². The Hall–Kier alpha value is -2.60. The van der Waals surface area contributed by atoms with E-state index in [0.29, 0.717) is 22.2 Å². The van der Waals surface area contributed by atoms with Crippen LogP contribution in [0.1, 0.15) is 37.5 Å². The molecule has 0 fully saturated rings. The van der Waals surface area contributed by atoms with Crippen molar-refractivity contribution < 1.29 is 8.95 Å². The van der Waals surface area contributed by atoms with E-state index in [9.17, 15) is 4.21 Å². The molecule has 29 heavy (non-hydrogen) atoms. The number of methoxy groups -OCH3 is 1. The molecule has 0 amide bonds. The van der Waals surface area contributed by atoms with E-state index in [1.54, 1.807) is 38.6 Å². The van der Waals surface area contributed by atoms with Crippen LogP contribution in [-0.4, -0.2) is 42.5 Å². The van der Waals surface area contributed by atoms with Gasteiger partial charge in [-0.2, -0.15) is 0 Å². The standard InChI is InChI=1S/C21H27N3O2S.C2H6/c1-14-8-9-17(13-22-4)15(2)21(14)24-16(3)23-19-12-18(27(6,7)25)10-11-20(19)26-5;1-2/h8-13H,6H2,1-5,7H3,(H,23,24);1-2H3. The lowest BCUT2D eigenvalue weighted by molar-refractivity contribution is 0.416. The Kier molecular flexibility index (Phi) is 9.11. The molecule has 0 aliphatic heterocycles. The van der Waals surface area contributed by atoms with Crippen LogP contribution >= 0.6 is 0 Å². The van der Waals surface area contributed by atoms with Crippen molar-refractivity contribution in [2.24, 2.45) is 9.98 Å². The van der Waals surface area contributed by atoms with E-state index >= 15 is 0 Å². The lowest BCUT2D eigenvalue weighted by Gasteiger charge is -2.14. The Morgan fingerprint density at radius 3 is 2.41 bits per heavy atom. The molecular formula is C23H33N3O2S. The summed E-state index contributed by atoms with van der Waals surface area (Å²) in [5.74, 6) is 5.10. The van der Waals surface area contributed by atoms with Gasteiger partial charge in [-0.15, -0.1) is 0 Å². The summed E-state index contributed by atoms with van der Waals surface area (Å²) in [6.45, 7) is 9.95. The molecule has 0 heterocycles. The van der Waals surface area contributed by atoms with Crippen LogP contribution < -0.4 is 10.1 Å². The number of nitrogens with zero attached hydrogens (tertiary/aromatic N) is 2. The average molecular weight is 416 g/mol. The van der Waals surface area contributed by atoms with E-state index in [0.717, 1.165) is 22.4 Å². The van der Waals surface area contributed by atoms with Gasteiger partial charge in [-0.3, -0.25) is 9.20 Å². The van der Waals surface area contributed by atoms with E-state index < -0.39 is 9.52 Å². The summed E-state index contributed by atoms with van der Waals surface area (Å²) in [7, 11) is 1.03. The number of ether oxygens (including phenoxy) is 1. The molecule has 2 aromatic carbocycles. The molecular weight excluding hydrogens is 382 g/mol. The first kappa shape index (κ1) is 24.4. The lowest BCUT2D eigenvalue weighted by atomic mass is 10.0. The Bertz CT molecular complexity index is 1010. The van der Waals surface area contributed by atoms with Gasteiger partial charge in [-0.05, 0) is 71.1 Å². The maximum absolute atomic E-state index is 12.3. The monoisotopic (exact) mass is 415 g/mol. The molecule has 1 unspecified atom stereocenters. The van der Waals surface area contributed by atoms with Gasteiger partial charge >= 0.3 is 0 Å². The van der Waals surface area contributed by atoms with Crippen LogP contribution in [0.15, 0.2) is 45.2 Å². The van der Waals surface area contributed by atoms with Crippen LogP contribution in [0.5, 0.6) is 5.75 Å². The summed E-state index contributed by atoms with van der Waals surface area (Å²) in [5, 5.41) is 3.27. The highest BCUT2D eigenvalue weighted by Crippen LogP contribution is 2.29. The molecule has 0 aliphatic rings. The second kappa shape index (κ2) is 10.8. The minimum absolute atomic E-state index is 0.650. The van der Waals surface area contributed by atoms with E-state index in [1.165, 1.54) is 0 Å². The largest absolute Gasteiger partial charge is 0.495 e. The normalized spacial score (nSPS) is 13.4. The predicted molar refractivity (Wildman–Crippen MR) is 130 cm³/mol. The molecule has 0 spiro atoms. The third-order valence-corrected chi connectivity index (χ3v) is 5.46. The number of aryl methyl sites for hydroxylation is 1. The number of hydrogen-bond donors (Lipinski definition) is 1. The zero-order valence-electron chi connectivity index (χ0n) is 18.8. The van der Waals surface area contributed by atoms with Gasteiger partial charge in [-0.1, -0.05) is 26.0 Å². The number of benzene rings is 2. The maximum Gasteiger partial charge on any atom is 0.142 e. The SMILES string of the molecule is C=S(C)(=O)c1ccc(OC)c(NC(C)=Nc2c(C)ccc(C=NC)c2C)c1.CC. The van der Waals surface area contributed by atoms with E-state index in [2.05, 4.69) is 16.2 Å². The van der Waals surface area contributed by atoms with Crippen molar-refractivity contribution in [2.75, 3.05) is 25.7 Å². The molecule has 5 nitrogen and oxygen atoms in total. The number of rotatable bonds is 5. The minimum atomic E-state index is -2.32. The number of hydrogen-bond acceptors (Lipinski definition) is 4. The first-order valence-corrected chi connectivity index (χ1v) is 11.7. The molecule has 0 aromatic heterocycles. The van der Waals surface area contributed by atoms with Gasteiger partial charge in [0, 0.05) is 24.4 Å². The molecule has 0 saturated heterocycles. The van der Waals surface area contributed by atoms with Gasteiger partial charge in [-0.25, -0.2) is 4.99 Å². The minimum Gasteiger partial charge on any atom is -0.495 e. The molecule has 0 aliphatic carbocycles. The number of aliphatic imine (C=N–C) groups is 2. The van der Waals surface area contributed by atoms with Crippen molar-refractivity contribution >= 4 is 38.8 Å². The average Bonchev–Trinajstić information content (AvgIpc) is 2.68. The highest BCUT2D eigenvalue weighted by atomic mass is 32.2. The molecule has 158 valence electrons. The van der Waals surface area contributed by atoms with Crippen molar-refractivity contribution in [3.8, 4) is 5.75 Å².